The first-order valence-electron chi connectivity index (χ1n) is 6.79. The smallest absolute Gasteiger partial charge is 0.207 e. The fraction of sp³-hybridized carbons (Fsp3) is 0.571. The monoisotopic (exact) mass is 379 g/mol. The van der Waals surface area contributed by atoms with Crippen molar-refractivity contribution in [3.05, 3.63) is 28.2 Å². The van der Waals surface area contributed by atoms with Crippen molar-refractivity contribution in [3.63, 3.8) is 0 Å². The van der Waals surface area contributed by atoms with Gasteiger partial charge < -0.3 is 0 Å². The predicted molar refractivity (Wildman–Crippen MR) is 85.5 cm³/mol. The van der Waals surface area contributed by atoms with Gasteiger partial charge in [0.1, 0.15) is 0 Å². The summed E-state index contributed by atoms with van der Waals surface area (Å²) < 4.78 is 27.7. The summed E-state index contributed by atoms with van der Waals surface area (Å²) in [6.45, 7) is 0. The quantitative estimate of drug-likeness (QED) is 0.736. The molecule has 112 valence electrons. The molecule has 0 amide bonds. The van der Waals surface area contributed by atoms with Gasteiger partial charge in [0.2, 0.25) is 10.0 Å². The molecule has 6 heteroatoms. The molecule has 0 atom stereocenters. The Balaban J connectivity index is 2.33. The molecular weight excluding hydrogens is 362 g/mol. The Hall–Kier alpha value is -0.100. The molecule has 0 aromatic heterocycles. The lowest BCUT2D eigenvalue weighted by Gasteiger charge is -2.30. The van der Waals surface area contributed by atoms with Gasteiger partial charge in [-0.1, -0.05) is 25.3 Å². The molecule has 0 saturated heterocycles. The summed E-state index contributed by atoms with van der Waals surface area (Å²) in [4.78, 5) is 0.309. The first kappa shape index (κ1) is 16.3. The third kappa shape index (κ3) is 3.38. The lowest BCUT2D eigenvalue weighted by Crippen LogP contribution is -2.38. The molecule has 1 aromatic rings. The number of hydrogen-bond acceptors (Lipinski definition) is 2. The van der Waals surface area contributed by atoms with E-state index in [2.05, 4.69) is 15.9 Å². The molecule has 0 radical (unpaired) electrons. The summed E-state index contributed by atoms with van der Waals surface area (Å²) in [6, 6.07) is 5.35. The SMILES string of the molecule is CN(C1CCCCC1)S(=O)(=O)c1cc(CCl)ccc1Br. The molecule has 1 saturated carbocycles. The molecule has 3 nitrogen and oxygen atoms in total. The molecule has 0 bridgehead atoms. The van der Waals surface area contributed by atoms with Crippen LogP contribution in [0.15, 0.2) is 27.6 Å². The largest absolute Gasteiger partial charge is 0.244 e. The van der Waals surface area contributed by atoms with Gasteiger partial charge in [-0.25, -0.2) is 8.42 Å². The fourth-order valence-electron chi connectivity index (χ4n) is 2.62. The maximum Gasteiger partial charge on any atom is 0.244 e. The van der Waals surface area contributed by atoms with Crippen LogP contribution in [0.4, 0.5) is 0 Å². The van der Waals surface area contributed by atoms with Crippen LogP contribution in [0.2, 0.25) is 0 Å². The fourth-order valence-corrected chi connectivity index (χ4v) is 5.18. The Labute approximate surface area is 134 Å². The third-order valence-corrected chi connectivity index (χ3v) is 7.11. The van der Waals surface area contributed by atoms with E-state index >= 15 is 0 Å². The zero-order chi connectivity index (χ0) is 14.8. The van der Waals surface area contributed by atoms with E-state index in [4.69, 9.17) is 11.6 Å². The second kappa shape index (κ2) is 6.77. The number of rotatable bonds is 4. The van der Waals surface area contributed by atoms with Gasteiger partial charge in [-0.15, -0.1) is 11.6 Å². The van der Waals surface area contributed by atoms with Crippen molar-refractivity contribution in [2.24, 2.45) is 0 Å². The second-order valence-corrected chi connectivity index (χ2v) is 8.30. The molecule has 0 aliphatic heterocycles. The lowest BCUT2D eigenvalue weighted by molar-refractivity contribution is 0.285. The average molecular weight is 381 g/mol. The van der Waals surface area contributed by atoms with Gasteiger partial charge >= 0.3 is 0 Å². The third-order valence-electron chi connectivity index (χ3n) is 3.90. The van der Waals surface area contributed by atoms with Crippen molar-refractivity contribution in [3.8, 4) is 0 Å². The van der Waals surface area contributed by atoms with Gasteiger partial charge in [-0.05, 0) is 46.5 Å². The van der Waals surface area contributed by atoms with Gasteiger partial charge in [0.05, 0.1) is 4.90 Å². The van der Waals surface area contributed by atoms with E-state index in [-0.39, 0.29) is 6.04 Å². The molecule has 0 heterocycles. The van der Waals surface area contributed by atoms with E-state index < -0.39 is 10.0 Å². The van der Waals surface area contributed by atoms with Crippen LogP contribution in [-0.4, -0.2) is 25.8 Å². The Morgan fingerprint density at radius 1 is 1.30 bits per heavy atom. The van der Waals surface area contributed by atoms with Crippen LogP contribution in [0.3, 0.4) is 0 Å². The summed E-state index contributed by atoms with van der Waals surface area (Å²) in [6.07, 6.45) is 5.31. The first-order chi connectivity index (χ1) is 9.46. The molecule has 0 spiro atoms. The minimum atomic E-state index is -3.47. The zero-order valence-corrected chi connectivity index (χ0v) is 14.6. The van der Waals surface area contributed by atoms with Crippen molar-refractivity contribution in [2.75, 3.05) is 7.05 Å². The standard InChI is InChI=1S/C14H19BrClNO2S/c1-17(12-5-3-2-4-6-12)20(18,19)14-9-11(10-16)7-8-13(14)15/h7-9,12H,2-6,10H2,1H3. The van der Waals surface area contributed by atoms with Crippen LogP contribution >= 0.6 is 27.5 Å². The Morgan fingerprint density at radius 3 is 2.55 bits per heavy atom. The van der Waals surface area contributed by atoms with E-state index in [1.54, 1.807) is 19.2 Å². The van der Waals surface area contributed by atoms with Crippen LogP contribution in [0.1, 0.15) is 37.7 Å². The summed E-state index contributed by atoms with van der Waals surface area (Å²) in [7, 11) is -1.79. The second-order valence-electron chi connectivity index (χ2n) is 5.21. The van der Waals surface area contributed by atoms with E-state index in [1.807, 2.05) is 6.07 Å². The highest BCUT2D eigenvalue weighted by Gasteiger charge is 2.30. The van der Waals surface area contributed by atoms with Gasteiger partial charge in [-0.3, -0.25) is 0 Å². The topological polar surface area (TPSA) is 37.4 Å². The molecule has 1 aromatic carbocycles. The summed E-state index contributed by atoms with van der Waals surface area (Å²) in [5, 5.41) is 0. The van der Waals surface area contributed by atoms with Gasteiger partial charge in [-0.2, -0.15) is 4.31 Å². The number of nitrogens with zero attached hydrogens (tertiary/aromatic N) is 1. The van der Waals surface area contributed by atoms with E-state index in [9.17, 15) is 8.42 Å². The van der Waals surface area contributed by atoms with Crippen molar-refractivity contribution in [2.45, 2.75) is 48.9 Å². The maximum absolute atomic E-state index is 12.8. The number of hydrogen-bond donors (Lipinski definition) is 0. The molecule has 20 heavy (non-hydrogen) atoms. The van der Waals surface area contributed by atoms with Crippen molar-refractivity contribution in [1.82, 2.24) is 4.31 Å². The lowest BCUT2D eigenvalue weighted by atomic mass is 9.96. The van der Waals surface area contributed by atoms with Crippen LogP contribution in [0.25, 0.3) is 0 Å². The van der Waals surface area contributed by atoms with Crippen molar-refractivity contribution >= 4 is 37.6 Å². The number of halogens is 2. The van der Waals surface area contributed by atoms with Crippen LogP contribution < -0.4 is 0 Å². The Bertz CT molecular complexity index is 571. The average Bonchev–Trinajstić information content (AvgIpc) is 2.47. The Morgan fingerprint density at radius 2 is 1.95 bits per heavy atom. The summed E-state index contributed by atoms with van der Waals surface area (Å²) >= 11 is 9.14. The number of alkyl halides is 1. The minimum absolute atomic E-state index is 0.111. The van der Waals surface area contributed by atoms with E-state index in [1.165, 1.54) is 10.7 Å². The van der Waals surface area contributed by atoms with Crippen molar-refractivity contribution in [1.29, 1.82) is 0 Å². The van der Waals surface area contributed by atoms with Crippen LogP contribution in [-0.2, 0) is 15.9 Å². The van der Waals surface area contributed by atoms with Gasteiger partial charge in [0.25, 0.3) is 0 Å². The zero-order valence-electron chi connectivity index (χ0n) is 11.5. The summed E-state index contributed by atoms with van der Waals surface area (Å²) in [5.41, 5.74) is 0.811. The number of benzene rings is 1. The molecule has 0 N–H and O–H groups in total. The van der Waals surface area contributed by atoms with E-state index in [0.29, 0.717) is 15.2 Å². The summed E-state index contributed by atoms with van der Waals surface area (Å²) in [5.74, 6) is 0.308. The van der Waals surface area contributed by atoms with Gasteiger partial charge in [0.15, 0.2) is 0 Å². The molecule has 1 aliphatic carbocycles. The van der Waals surface area contributed by atoms with Crippen molar-refractivity contribution < 1.29 is 8.42 Å². The molecule has 1 aliphatic rings. The molecule has 1 fully saturated rings. The van der Waals surface area contributed by atoms with Crippen LogP contribution in [0.5, 0.6) is 0 Å². The highest BCUT2D eigenvalue weighted by atomic mass is 79.9. The highest BCUT2D eigenvalue weighted by Crippen LogP contribution is 2.30. The molecule has 0 unspecified atom stereocenters. The first-order valence-corrected chi connectivity index (χ1v) is 9.56. The van der Waals surface area contributed by atoms with E-state index in [0.717, 1.165) is 31.2 Å². The molecule has 2 rings (SSSR count). The minimum Gasteiger partial charge on any atom is -0.207 e. The highest BCUT2D eigenvalue weighted by molar-refractivity contribution is 9.10. The van der Waals surface area contributed by atoms with Crippen LogP contribution in [0, 0.1) is 0 Å². The van der Waals surface area contributed by atoms with Gasteiger partial charge in [0, 0.05) is 23.4 Å². The normalized spacial score (nSPS) is 17.6. The Kier molecular flexibility index (Phi) is 5.51. The maximum atomic E-state index is 12.8. The predicted octanol–water partition coefficient (Wildman–Crippen LogP) is 4.14. The number of sulfonamides is 1. The molecular formula is C14H19BrClNO2S.